The molecule has 0 atom stereocenters. The average molecular weight is 245 g/mol. The number of nitrogens with zero attached hydrogens (tertiary/aromatic N) is 1. The highest BCUT2D eigenvalue weighted by Crippen LogP contribution is 2.37. The fourth-order valence-corrected chi connectivity index (χ4v) is 3.06. The zero-order chi connectivity index (χ0) is 13.0. The van der Waals surface area contributed by atoms with Gasteiger partial charge in [-0.15, -0.1) is 0 Å². The number of rotatable bonds is 0. The Kier molecular flexibility index (Phi) is 2.08. The molecule has 4 rings (SSSR count). The Labute approximate surface area is 112 Å². The topological polar surface area (TPSA) is 12.9 Å². The quantitative estimate of drug-likeness (QED) is 0.447. The summed E-state index contributed by atoms with van der Waals surface area (Å²) in [6.45, 7) is 4.28. The molecule has 1 nitrogen and oxygen atoms in total. The van der Waals surface area contributed by atoms with Crippen LogP contribution in [0.5, 0.6) is 0 Å². The number of fused-ring (bicyclic) bond motifs is 4. The van der Waals surface area contributed by atoms with Gasteiger partial charge in [0, 0.05) is 17.4 Å². The molecule has 1 heteroatoms. The van der Waals surface area contributed by atoms with Crippen LogP contribution in [0.25, 0.3) is 22.2 Å². The van der Waals surface area contributed by atoms with Crippen molar-refractivity contribution in [1.29, 1.82) is 0 Å². The van der Waals surface area contributed by atoms with Crippen molar-refractivity contribution in [3.63, 3.8) is 0 Å². The molecule has 92 valence electrons. The molecule has 1 aliphatic carbocycles. The Balaban J connectivity index is 2.05. The summed E-state index contributed by atoms with van der Waals surface area (Å²) in [5.41, 5.74) is 8.97. The lowest BCUT2D eigenvalue weighted by Crippen LogP contribution is -1.89. The summed E-state index contributed by atoms with van der Waals surface area (Å²) in [7, 11) is 0. The number of para-hydroxylation sites is 1. The van der Waals surface area contributed by atoms with Crippen molar-refractivity contribution in [3.05, 3.63) is 64.7 Å². The van der Waals surface area contributed by atoms with Crippen LogP contribution in [-0.4, -0.2) is 4.98 Å². The van der Waals surface area contributed by atoms with Crippen LogP contribution >= 0.6 is 0 Å². The van der Waals surface area contributed by atoms with E-state index in [0.29, 0.717) is 0 Å². The molecule has 1 aliphatic rings. The highest BCUT2D eigenvalue weighted by atomic mass is 14.7. The lowest BCUT2D eigenvalue weighted by molar-refractivity contribution is 1.24. The van der Waals surface area contributed by atoms with Gasteiger partial charge in [-0.05, 0) is 36.6 Å². The van der Waals surface area contributed by atoms with E-state index < -0.39 is 0 Å². The van der Waals surface area contributed by atoms with Gasteiger partial charge in [0.25, 0.3) is 0 Å². The predicted octanol–water partition coefficient (Wildman–Crippen LogP) is 4.42. The molecule has 1 aromatic heterocycles. The van der Waals surface area contributed by atoms with E-state index in [1.54, 1.807) is 0 Å². The first kappa shape index (κ1) is 10.7. The second kappa shape index (κ2) is 3.67. The van der Waals surface area contributed by atoms with Crippen LogP contribution in [-0.2, 0) is 6.42 Å². The summed E-state index contributed by atoms with van der Waals surface area (Å²) in [6.07, 6.45) is 1.02. The maximum absolute atomic E-state index is 4.93. The van der Waals surface area contributed by atoms with Gasteiger partial charge >= 0.3 is 0 Å². The Morgan fingerprint density at radius 1 is 0.947 bits per heavy atom. The molecule has 0 saturated carbocycles. The second-order valence-corrected chi connectivity index (χ2v) is 5.48. The number of hydrogen-bond donors (Lipinski definition) is 0. The van der Waals surface area contributed by atoms with Crippen molar-refractivity contribution in [3.8, 4) is 11.3 Å². The number of hydrogen-bond acceptors (Lipinski definition) is 1. The number of aryl methyl sites for hydroxylation is 2. The van der Waals surface area contributed by atoms with Crippen LogP contribution in [0.3, 0.4) is 0 Å². The number of benzene rings is 2. The fourth-order valence-electron chi connectivity index (χ4n) is 3.06. The van der Waals surface area contributed by atoms with Gasteiger partial charge in [0.2, 0.25) is 0 Å². The molecule has 2 aromatic carbocycles. The van der Waals surface area contributed by atoms with E-state index >= 15 is 0 Å². The zero-order valence-corrected chi connectivity index (χ0v) is 11.2. The van der Waals surface area contributed by atoms with Crippen LogP contribution < -0.4 is 0 Å². The third-order valence-electron chi connectivity index (χ3n) is 4.02. The second-order valence-electron chi connectivity index (χ2n) is 5.48. The lowest BCUT2D eigenvalue weighted by Gasteiger charge is -2.05. The largest absolute Gasteiger partial charge is 0.247 e. The van der Waals surface area contributed by atoms with Crippen LogP contribution in [0.1, 0.15) is 22.3 Å². The van der Waals surface area contributed by atoms with E-state index in [2.05, 4.69) is 56.3 Å². The Hall–Kier alpha value is -2.15. The van der Waals surface area contributed by atoms with E-state index in [1.807, 2.05) is 0 Å². The molecule has 0 amide bonds. The first-order chi connectivity index (χ1) is 9.22. The molecule has 0 bridgehead atoms. The molecule has 0 radical (unpaired) electrons. The SMILES string of the molecule is Cc1ccc2c(c1)Cc1cc3cccc(C)c3nc1-2. The Bertz CT molecular complexity index is 815. The van der Waals surface area contributed by atoms with E-state index in [0.717, 1.165) is 11.9 Å². The molecule has 0 spiro atoms. The molecule has 0 unspecified atom stereocenters. The molecule has 3 aromatic rings. The van der Waals surface area contributed by atoms with Gasteiger partial charge in [-0.2, -0.15) is 0 Å². The third kappa shape index (κ3) is 1.51. The molecule has 0 N–H and O–H groups in total. The van der Waals surface area contributed by atoms with Gasteiger partial charge < -0.3 is 0 Å². The molecule has 1 heterocycles. The Morgan fingerprint density at radius 2 is 1.84 bits per heavy atom. The van der Waals surface area contributed by atoms with Crippen molar-refractivity contribution in [2.45, 2.75) is 20.3 Å². The summed E-state index contributed by atoms with van der Waals surface area (Å²) in [6, 6.07) is 15.4. The third-order valence-corrected chi connectivity index (χ3v) is 4.02. The van der Waals surface area contributed by atoms with Crippen LogP contribution in [0.15, 0.2) is 42.5 Å². The molecule has 0 fully saturated rings. The van der Waals surface area contributed by atoms with Gasteiger partial charge in [-0.3, -0.25) is 0 Å². The standard InChI is InChI=1S/C18H15N/c1-11-6-7-16-14(8-11)10-15-9-13-5-3-4-12(2)17(13)19-18(15)16/h3-9H,10H2,1-2H3. The number of aromatic nitrogens is 1. The minimum Gasteiger partial charge on any atom is -0.247 e. The monoisotopic (exact) mass is 245 g/mol. The minimum atomic E-state index is 1.02. The smallest absolute Gasteiger partial charge is 0.0748 e. The van der Waals surface area contributed by atoms with Crippen molar-refractivity contribution in [2.75, 3.05) is 0 Å². The first-order valence-electron chi connectivity index (χ1n) is 6.71. The van der Waals surface area contributed by atoms with Crippen molar-refractivity contribution in [1.82, 2.24) is 4.98 Å². The van der Waals surface area contributed by atoms with Crippen LogP contribution in [0.4, 0.5) is 0 Å². The predicted molar refractivity (Wildman–Crippen MR) is 79.5 cm³/mol. The van der Waals surface area contributed by atoms with Crippen LogP contribution in [0.2, 0.25) is 0 Å². The van der Waals surface area contributed by atoms with Gasteiger partial charge in [0.1, 0.15) is 0 Å². The lowest BCUT2D eigenvalue weighted by atomic mass is 10.1. The average Bonchev–Trinajstić information content (AvgIpc) is 2.73. The maximum atomic E-state index is 4.93. The molecule has 19 heavy (non-hydrogen) atoms. The summed E-state index contributed by atoms with van der Waals surface area (Å²) in [4.78, 5) is 4.93. The van der Waals surface area contributed by atoms with E-state index in [1.165, 1.54) is 38.9 Å². The van der Waals surface area contributed by atoms with Gasteiger partial charge in [0.05, 0.1) is 11.2 Å². The minimum absolute atomic E-state index is 1.02. The van der Waals surface area contributed by atoms with Gasteiger partial charge in [-0.1, -0.05) is 42.0 Å². The van der Waals surface area contributed by atoms with Crippen molar-refractivity contribution < 1.29 is 0 Å². The Morgan fingerprint density at radius 3 is 2.74 bits per heavy atom. The molecule has 0 saturated heterocycles. The van der Waals surface area contributed by atoms with Crippen LogP contribution in [0, 0.1) is 13.8 Å². The van der Waals surface area contributed by atoms with Crippen molar-refractivity contribution in [2.24, 2.45) is 0 Å². The van der Waals surface area contributed by atoms with E-state index in [9.17, 15) is 0 Å². The summed E-state index contributed by atoms with van der Waals surface area (Å²) >= 11 is 0. The van der Waals surface area contributed by atoms with Crippen molar-refractivity contribution >= 4 is 10.9 Å². The van der Waals surface area contributed by atoms with E-state index in [-0.39, 0.29) is 0 Å². The summed E-state index contributed by atoms with van der Waals surface area (Å²) < 4.78 is 0. The highest BCUT2D eigenvalue weighted by molar-refractivity contribution is 5.88. The molecular formula is C18H15N. The van der Waals surface area contributed by atoms with Gasteiger partial charge in [-0.25, -0.2) is 4.98 Å². The summed E-state index contributed by atoms with van der Waals surface area (Å²) in [5, 5.41) is 1.25. The first-order valence-corrected chi connectivity index (χ1v) is 6.71. The fraction of sp³-hybridized carbons (Fsp3) is 0.167. The normalized spacial score (nSPS) is 12.5. The summed E-state index contributed by atoms with van der Waals surface area (Å²) in [5.74, 6) is 0. The van der Waals surface area contributed by atoms with E-state index in [4.69, 9.17) is 4.98 Å². The molecule has 0 aliphatic heterocycles. The van der Waals surface area contributed by atoms with Gasteiger partial charge in [0.15, 0.2) is 0 Å². The molecular weight excluding hydrogens is 230 g/mol. The highest BCUT2D eigenvalue weighted by Gasteiger charge is 2.20. The number of pyridine rings is 1. The zero-order valence-electron chi connectivity index (χ0n) is 11.2. The maximum Gasteiger partial charge on any atom is 0.0748 e.